The lowest BCUT2D eigenvalue weighted by Crippen LogP contribution is -2.11. The van der Waals surface area contributed by atoms with Crippen LogP contribution in [-0.2, 0) is 0 Å². The Morgan fingerprint density at radius 1 is 0.113 bits per heavy atom. The molecule has 0 unspecified atom stereocenters. The molecule has 694 valence electrons. The third-order valence-corrected chi connectivity index (χ3v) is 32.1. The van der Waals surface area contributed by atoms with Gasteiger partial charge in [-0.25, -0.2) is 0 Å². The van der Waals surface area contributed by atoms with E-state index in [2.05, 4.69) is 451 Å². The van der Waals surface area contributed by atoms with Crippen LogP contribution in [0.5, 0.6) is 0 Å². The number of rotatable bonds is 19. The van der Waals surface area contributed by atoms with Crippen molar-refractivity contribution >= 4 is 116 Å². The van der Waals surface area contributed by atoms with Crippen molar-refractivity contribution in [1.82, 2.24) is 0 Å². The molecule has 0 spiro atoms. The second-order valence-electron chi connectivity index (χ2n) is 41.1. The Balaban J connectivity index is 0.000000119. The zero-order valence-corrected chi connectivity index (χ0v) is 81.5. The van der Waals surface area contributed by atoms with Gasteiger partial charge in [-0.1, -0.05) is 375 Å². The highest BCUT2D eigenvalue weighted by Gasteiger charge is 2.26. The Kier molecular flexibility index (Phi) is 27.0. The predicted octanol–water partition coefficient (Wildman–Crippen LogP) is 41.0. The molecule has 5 fully saturated rings. The van der Waals surface area contributed by atoms with Crippen molar-refractivity contribution in [2.45, 2.75) is 190 Å². The normalized spacial score (nSPS) is 15.2. The fourth-order valence-electron chi connectivity index (χ4n) is 24.1. The summed E-state index contributed by atoms with van der Waals surface area (Å²) in [6, 6.07) is 163. The highest BCUT2D eigenvalue weighted by molar-refractivity contribution is 5.98. The van der Waals surface area contributed by atoms with E-state index in [0.29, 0.717) is 23.7 Å². The van der Waals surface area contributed by atoms with E-state index in [9.17, 15) is 0 Å². The zero-order chi connectivity index (χ0) is 94.0. The lowest BCUT2D eigenvalue weighted by atomic mass is 9.84. The maximum atomic E-state index is 2.44. The number of hydrogen-bond donors (Lipinski definition) is 0. The molecule has 0 aromatic heterocycles. The van der Waals surface area contributed by atoms with Crippen molar-refractivity contribution in [3.8, 4) is 55.6 Å². The van der Waals surface area contributed by atoms with Crippen LogP contribution in [-0.4, -0.2) is 0 Å². The minimum absolute atomic E-state index is 0.709. The summed E-state index contributed by atoms with van der Waals surface area (Å²) in [6.07, 6.45) is 33.8. The van der Waals surface area contributed by atoms with Gasteiger partial charge in [-0.3, -0.25) is 0 Å². The van der Waals surface area contributed by atoms with Crippen molar-refractivity contribution in [1.29, 1.82) is 0 Å². The monoisotopic (exact) mass is 1830 g/mol. The first kappa shape index (κ1) is 90.2. The van der Waals surface area contributed by atoms with Gasteiger partial charge >= 0.3 is 0 Å². The topological polar surface area (TPSA) is 9.72 Å². The maximum Gasteiger partial charge on any atom is 0.0468 e. The first-order chi connectivity index (χ1) is 69.8. The van der Waals surface area contributed by atoms with E-state index in [-0.39, 0.29) is 0 Å². The van der Waals surface area contributed by atoms with Gasteiger partial charge in [0.2, 0.25) is 0 Å². The molecule has 0 radical (unpaired) electrons. The summed E-state index contributed by atoms with van der Waals surface area (Å²) >= 11 is 0. The van der Waals surface area contributed by atoms with Gasteiger partial charge in [0.15, 0.2) is 0 Å². The van der Waals surface area contributed by atoms with Crippen LogP contribution in [0.2, 0.25) is 0 Å². The molecule has 0 N–H and O–H groups in total. The predicted molar refractivity (Wildman–Crippen MR) is 605 cm³/mol. The summed E-state index contributed by atoms with van der Waals surface area (Å²) in [5, 5.41) is 15.2. The molecule has 0 atom stereocenters. The molecule has 0 bridgehead atoms. The molecule has 0 amide bonds. The summed E-state index contributed by atoms with van der Waals surface area (Å²) in [7, 11) is 0. The summed E-state index contributed by atoms with van der Waals surface area (Å²) in [4.78, 5) is 7.25. The molecule has 5 saturated carbocycles. The smallest absolute Gasteiger partial charge is 0.0468 e. The van der Waals surface area contributed by atoms with Crippen LogP contribution in [0.25, 0.3) is 120 Å². The van der Waals surface area contributed by atoms with Gasteiger partial charge in [0.05, 0.1) is 0 Å². The van der Waals surface area contributed by atoms with Crippen molar-refractivity contribution in [2.24, 2.45) is 0 Å². The fourth-order valence-corrected chi connectivity index (χ4v) is 24.1. The van der Waals surface area contributed by atoms with Crippen molar-refractivity contribution < 1.29 is 0 Å². The van der Waals surface area contributed by atoms with Crippen LogP contribution >= 0.6 is 0 Å². The molecule has 141 heavy (non-hydrogen) atoms. The van der Waals surface area contributed by atoms with Gasteiger partial charge in [-0.2, -0.15) is 0 Å². The number of fused-ring (bicyclic) bond motifs is 6. The Morgan fingerprint density at radius 2 is 0.277 bits per heavy atom. The third-order valence-electron chi connectivity index (χ3n) is 32.1. The van der Waals surface area contributed by atoms with Gasteiger partial charge in [0.1, 0.15) is 0 Å². The minimum atomic E-state index is 0.709. The summed E-state index contributed by atoms with van der Waals surface area (Å²) in [6.45, 7) is 0. The first-order valence-corrected chi connectivity index (χ1v) is 53.1. The van der Waals surface area contributed by atoms with Gasteiger partial charge in [-0.05, 0) is 400 Å². The first-order valence-electron chi connectivity index (χ1n) is 53.1. The SMILES string of the molecule is c1ccc(N(c2ccc(C3CCCCC3)cc2)c2ccc3cc(-c4ccc5ccccc5c4)ccc3c2)cc1.c1ccc2cc(-c3ccc4cc(-c5ccc(N(c6ccc(C7CCCCC7)cc6)c6ccc(C7CCCCC7)cc6)cc5)ccc4c3)ccc2c1.c1ccc2cc(-c3ccc4ccc(-c5ccc(N(c6ccc(C7CCCCC7)cc6)c6ccc(C7CCCCC7)cc6)cc5)cc4c3)ccc2c1. The Labute approximate surface area is 834 Å². The summed E-state index contributed by atoms with van der Waals surface area (Å²) in [5.41, 5.74) is 30.8. The Morgan fingerprint density at radius 3 is 0.539 bits per heavy atom. The summed E-state index contributed by atoms with van der Waals surface area (Å²) in [5.74, 6) is 3.56. The molecule has 5 aliphatic carbocycles. The molecule has 0 heterocycles. The van der Waals surface area contributed by atoms with Crippen LogP contribution in [0.3, 0.4) is 0 Å². The van der Waals surface area contributed by atoms with Crippen LogP contribution < -0.4 is 14.7 Å². The number of anilines is 9. The maximum absolute atomic E-state index is 2.44. The van der Waals surface area contributed by atoms with Crippen LogP contribution in [0, 0.1) is 0 Å². The van der Waals surface area contributed by atoms with Crippen molar-refractivity contribution in [2.75, 3.05) is 14.7 Å². The molecule has 3 heteroatoms. The van der Waals surface area contributed by atoms with E-state index >= 15 is 0 Å². The van der Waals surface area contributed by atoms with Crippen LogP contribution in [0.15, 0.2) is 437 Å². The Bertz CT molecular complexity index is 7560. The number of hydrogen-bond acceptors (Lipinski definition) is 3. The standard InChI is InChI=1S/2C50H47N.C38H33N/c1-3-9-36(10-4-1)39-21-27-48(28-22-39)51(49-29-23-40(24-30-49)37-11-5-2-6-12-37)50-31-25-41(26-32-50)44-18-16-42-17-20-46(35-47(42)34-44)45-19-15-38-13-7-8-14-43(38)33-45;1-3-9-36(10-4-1)39-21-27-48(28-22-39)51(49-29-23-40(24-30-49)37-11-5-2-6-12-37)50-31-25-41(26-32-50)43-17-18-46-35-47(20-19-45(46)34-43)44-16-15-38-13-7-8-14-42(38)33-44;1-3-9-28(10-4-1)30-19-22-37(23-20-30)39(36-13-5-2-6-14-36)38-24-21-34-26-33(17-18-35(34)27-38)32-16-15-29-11-7-8-12-31(29)25-32/h2*7-8,13-37H,1-6,9-12H2;2,5-8,11-28H,1,3-4,9-10H2. The number of nitrogens with zero attached hydrogens (tertiary/aromatic N) is 3. The van der Waals surface area contributed by atoms with Gasteiger partial charge in [-0.15, -0.1) is 0 Å². The van der Waals surface area contributed by atoms with Crippen molar-refractivity contribution in [3.05, 3.63) is 465 Å². The van der Waals surface area contributed by atoms with E-state index in [1.165, 1.54) is 360 Å². The molecule has 20 aromatic carbocycles. The van der Waals surface area contributed by atoms with Crippen molar-refractivity contribution in [3.63, 3.8) is 0 Å². The molecule has 25 rings (SSSR count). The summed E-state index contributed by atoms with van der Waals surface area (Å²) < 4.78 is 0. The average Bonchev–Trinajstić information content (AvgIpc) is 0.787. The third kappa shape index (κ3) is 20.5. The molecule has 0 aliphatic heterocycles. The molecule has 20 aromatic rings. The molecular weight excluding hydrogens is 1700 g/mol. The highest BCUT2D eigenvalue weighted by atomic mass is 15.2. The van der Waals surface area contributed by atoms with E-state index in [4.69, 9.17) is 0 Å². The van der Waals surface area contributed by atoms with Crippen LogP contribution in [0.1, 0.15) is 218 Å². The van der Waals surface area contributed by atoms with Gasteiger partial charge in [0, 0.05) is 51.2 Å². The van der Waals surface area contributed by atoms with Gasteiger partial charge < -0.3 is 14.7 Å². The second kappa shape index (κ2) is 42.2. The molecule has 5 aliphatic rings. The molecule has 3 nitrogen and oxygen atoms in total. The van der Waals surface area contributed by atoms with E-state index in [1.54, 1.807) is 0 Å². The van der Waals surface area contributed by atoms with E-state index in [0.717, 1.165) is 5.92 Å². The number of benzene rings is 20. The second-order valence-corrected chi connectivity index (χ2v) is 41.1. The van der Waals surface area contributed by atoms with Gasteiger partial charge in [0.25, 0.3) is 0 Å². The average molecular weight is 1830 g/mol. The van der Waals surface area contributed by atoms with E-state index in [1.807, 2.05) is 0 Å². The van der Waals surface area contributed by atoms with Crippen LogP contribution in [0.4, 0.5) is 51.2 Å². The van der Waals surface area contributed by atoms with E-state index < -0.39 is 0 Å². The quantitative estimate of drug-likeness (QED) is 0.0799. The molecule has 0 saturated heterocycles. The molecular formula is C138H127N3. The largest absolute Gasteiger partial charge is 0.311 e. The minimum Gasteiger partial charge on any atom is -0.311 e. The number of para-hydroxylation sites is 1. The lowest BCUT2D eigenvalue weighted by molar-refractivity contribution is 0.443. The lowest BCUT2D eigenvalue weighted by Gasteiger charge is -2.28. The highest BCUT2D eigenvalue weighted by Crippen LogP contribution is 2.47. The zero-order valence-electron chi connectivity index (χ0n) is 81.5. The fraction of sp³-hybridized carbons (Fsp3) is 0.217. The Hall–Kier alpha value is -14.6.